The van der Waals surface area contributed by atoms with E-state index in [1.165, 1.54) is 17.5 Å². The molecule has 4 nitrogen and oxygen atoms in total. The zero-order valence-corrected chi connectivity index (χ0v) is 14.6. The maximum absolute atomic E-state index is 10.4. The van der Waals surface area contributed by atoms with Gasteiger partial charge in [0.15, 0.2) is 0 Å². The maximum Gasteiger partial charge on any atom is 0.125 e. The van der Waals surface area contributed by atoms with Crippen LogP contribution in [0.25, 0.3) is 0 Å². The van der Waals surface area contributed by atoms with Gasteiger partial charge in [0.2, 0.25) is 0 Å². The zero-order valence-electron chi connectivity index (χ0n) is 14.6. The molecule has 1 N–H and O–H groups in total. The Bertz CT molecular complexity index is 552. The summed E-state index contributed by atoms with van der Waals surface area (Å²) in [6, 6.07) is 4.19. The van der Waals surface area contributed by atoms with Gasteiger partial charge in [-0.3, -0.25) is 4.90 Å². The number of aliphatic hydroxyl groups is 1. The number of aliphatic hydroxyl groups excluding tert-OH is 1. The van der Waals surface area contributed by atoms with Gasteiger partial charge in [-0.2, -0.15) is 0 Å². The number of hydrogen-bond donors (Lipinski definition) is 1. The number of likely N-dealkylation sites (tertiary alicyclic amines) is 1. The van der Waals surface area contributed by atoms with Gasteiger partial charge in [-0.05, 0) is 56.8 Å². The second-order valence-corrected chi connectivity index (χ2v) is 7.41. The molecule has 2 unspecified atom stereocenters. The highest BCUT2D eigenvalue weighted by atomic mass is 16.5. The Morgan fingerprint density at radius 1 is 1.26 bits per heavy atom. The molecule has 2 atom stereocenters. The second kappa shape index (κ2) is 6.80. The Labute approximate surface area is 139 Å². The SMILES string of the molecule is Cc1ccc(C)c(OCC(O)CN2CCC3(CCOC3)C2)c1C. The third-order valence-corrected chi connectivity index (χ3v) is 5.46. The van der Waals surface area contributed by atoms with E-state index < -0.39 is 6.10 Å². The fraction of sp³-hybridized carbons (Fsp3) is 0.684. The van der Waals surface area contributed by atoms with E-state index in [-0.39, 0.29) is 0 Å². The minimum atomic E-state index is -0.452. The van der Waals surface area contributed by atoms with E-state index in [0.717, 1.165) is 44.0 Å². The van der Waals surface area contributed by atoms with Crippen LogP contribution in [-0.2, 0) is 4.74 Å². The predicted molar refractivity (Wildman–Crippen MR) is 91.1 cm³/mol. The van der Waals surface area contributed by atoms with Gasteiger partial charge >= 0.3 is 0 Å². The molecule has 2 heterocycles. The number of ether oxygens (including phenoxy) is 2. The quantitative estimate of drug-likeness (QED) is 0.905. The van der Waals surface area contributed by atoms with Crippen molar-refractivity contribution in [2.45, 2.75) is 39.7 Å². The Balaban J connectivity index is 1.51. The zero-order chi connectivity index (χ0) is 16.4. The number of aryl methyl sites for hydroxylation is 2. The van der Waals surface area contributed by atoms with Crippen molar-refractivity contribution in [2.75, 3.05) is 39.5 Å². The summed E-state index contributed by atoms with van der Waals surface area (Å²) in [7, 11) is 0. The summed E-state index contributed by atoms with van der Waals surface area (Å²) in [6.45, 7) is 11.1. The van der Waals surface area contributed by atoms with Crippen LogP contribution in [0, 0.1) is 26.2 Å². The molecule has 2 saturated heterocycles. The summed E-state index contributed by atoms with van der Waals surface area (Å²) >= 11 is 0. The van der Waals surface area contributed by atoms with Gasteiger partial charge in [0.25, 0.3) is 0 Å². The number of nitrogens with zero attached hydrogens (tertiary/aromatic N) is 1. The summed E-state index contributed by atoms with van der Waals surface area (Å²) in [5, 5.41) is 10.4. The average molecular weight is 319 g/mol. The van der Waals surface area contributed by atoms with Crippen molar-refractivity contribution in [3.8, 4) is 5.75 Å². The van der Waals surface area contributed by atoms with Gasteiger partial charge in [0.1, 0.15) is 18.5 Å². The molecule has 1 spiro atoms. The molecule has 0 saturated carbocycles. The Morgan fingerprint density at radius 2 is 2.04 bits per heavy atom. The van der Waals surface area contributed by atoms with Gasteiger partial charge < -0.3 is 14.6 Å². The first-order chi connectivity index (χ1) is 11.0. The summed E-state index contributed by atoms with van der Waals surface area (Å²) in [6.07, 6.45) is 1.90. The summed E-state index contributed by atoms with van der Waals surface area (Å²) in [5.74, 6) is 0.922. The fourth-order valence-electron chi connectivity index (χ4n) is 3.83. The summed E-state index contributed by atoms with van der Waals surface area (Å²) < 4.78 is 11.5. The molecule has 0 bridgehead atoms. The molecule has 1 aromatic carbocycles. The van der Waals surface area contributed by atoms with E-state index in [1.54, 1.807) is 0 Å². The molecule has 2 aliphatic heterocycles. The minimum Gasteiger partial charge on any atom is -0.490 e. The summed E-state index contributed by atoms with van der Waals surface area (Å²) in [5.41, 5.74) is 3.87. The largest absolute Gasteiger partial charge is 0.490 e. The molecule has 1 aromatic rings. The van der Waals surface area contributed by atoms with Gasteiger partial charge in [-0.1, -0.05) is 12.1 Å². The number of hydrogen-bond acceptors (Lipinski definition) is 4. The number of rotatable bonds is 5. The monoisotopic (exact) mass is 319 g/mol. The van der Waals surface area contributed by atoms with Crippen LogP contribution < -0.4 is 4.74 Å². The van der Waals surface area contributed by atoms with Crippen LogP contribution in [0.1, 0.15) is 29.5 Å². The standard InChI is InChI=1S/C19H29NO3/c1-14-4-5-15(2)18(16(14)3)23-11-17(21)10-20-8-6-19(12-20)7-9-22-13-19/h4-5,17,21H,6-13H2,1-3H3. The van der Waals surface area contributed by atoms with Crippen LogP contribution in [-0.4, -0.2) is 55.6 Å². The fourth-order valence-corrected chi connectivity index (χ4v) is 3.83. The van der Waals surface area contributed by atoms with Crippen LogP contribution in [0.5, 0.6) is 5.75 Å². The first kappa shape index (κ1) is 16.7. The van der Waals surface area contributed by atoms with E-state index in [1.807, 2.05) is 0 Å². The maximum atomic E-state index is 10.4. The first-order valence-corrected chi connectivity index (χ1v) is 8.67. The first-order valence-electron chi connectivity index (χ1n) is 8.67. The van der Waals surface area contributed by atoms with Gasteiger partial charge in [-0.25, -0.2) is 0 Å². The van der Waals surface area contributed by atoms with Crippen LogP contribution in [0.2, 0.25) is 0 Å². The van der Waals surface area contributed by atoms with Crippen molar-refractivity contribution in [3.63, 3.8) is 0 Å². The lowest BCUT2D eigenvalue weighted by Gasteiger charge is -2.24. The van der Waals surface area contributed by atoms with Crippen LogP contribution in [0.4, 0.5) is 0 Å². The molecular formula is C19H29NO3. The van der Waals surface area contributed by atoms with E-state index in [4.69, 9.17) is 9.47 Å². The molecule has 0 aromatic heterocycles. The molecule has 23 heavy (non-hydrogen) atoms. The van der Waals surface area contributed by atoms with E-state index >= 15 is 0 Å². The molecule has 0 amide bonds. The molecule has 2 aliphatic rings. The highest BCUT2D eigenvalue weighted by Crippen LogP contribution is 2.38. The Kier molecular flexibility index (Phi) is 4.95. The Morgan fingerprint density at radius 3 is 2.78 bits per heavy atom. The van der Waals surface area contributed by atoms with Crippen molar-refractivity contribution in [2.24, 2.45) is 5.41 Å². The van der Waals surface area contributed by atoms with E-state index in [2.05, 4.69) is 37.8 Å². The highest BCUT2D eigenvalue weighted by Gasteiger charge is 2.41. The molecular weight excluding hydrogens is 290 g/mol. The summed E-state index contributed by atoms with van der Waals surface area (Å²) in [4.78, 5) is 2.36. The third-order valence-electron chi connectivity index (χ3n) is 5.46. The van der Waals surface area contributed by atoms with Gasteiger partial charge in [0, 0.05) is 25.1 Å². The molecule has 3 rings (SSSR count). The Hall–Kier alpha value is -1.10. The van der Waals surface area contributed by atoms with Crippen molar-refractivity contribution < 1.29 is 14.6 Å². The van der Waals surface area contributed by atoms with Crippen molar-refractivity contribution in [1.29, 1.82) is 0 Å². The smallest absolute Gasteiger partial charge is 0.125 e. The number of benzene rings is 1. The molecule has 0 radical (unpaired) electrons. The van der Waals surface area contributed by atoms with Crippen LogP contribution >= 0.6 is 0 Å². The van der Waals surface area contributed by atoms with Crippen molar-refractivity contribution >= 4 is 0 Å². The third kappa shape index (κ3) is 3.70. The predicted octanol–water partition coefficient (Wildman–Crippen LogP) is 2.46. The van der Waals surface area contributed by atoms with Crippen LogP contribution in [0.15, 0.2) is 12.1 Å². The topological polar surface area (TPSA) is 41.9 Å². The molecule has 4 heteroatoms. The van der Waals surface area contributed by atoms with Gasteiger partial charge in [0.05, 0.1) is 6.61 Å². The van der Waals surface area contributed by atoms with Gasteiger partial charge in [-0.15, -0.1) is 0 Å². The lowest BCUT2D eigenvalue weighted by Crippen LogP contribution is -2.36. The molecule has 2 fully saturated rings. The second-order valence-electron chi connectivity index (χ2n) is 7.41. The molecule has 0 aliphatic carbocycles. The lowest BCUT2D eigenvalue weighted by atomic mass is 9.87. The van der Waals surface area contributed by atoms with Crippen molar-refractivity contribution in [3.05, 3.63) is 28.8 Å². The van der Waals surface area contributed by atoms with Crippen molar-refractivity contribution in [1.82, 2.24) is 4.90 Å². The van der Waals surface area contributed by atoms with Crippen LogP contribution in [0.3, 0.4) is 0 Å². The highest BCUT2D eigenvalue weighted by molar-refractivity contribution is 5.44. The van der Waals surface area contributed by atoms with E-state index in [0.29, 0.717) is 18.6 Å². The normalized spacial score (nSPS) is 26.1. The average Bonchev–Trinajstić information content (AvgIpc) is 3.13. The lowest BCUT2D eigenvalue weighted by molar-refractivity contribution is 0.0700. The molecule has 128 valence electrons. The minimum absolute atomic E-state index is 0.351. The number of β-amino-alcohol motifs (C(OH)–C–C–N with tert-alkyl or cyclic N) is 1. The van der Waals surface area contributed by atoms with E-state index in [9.17, 15) is 5.11 Å².